The quantitative estimate of drug-likeness (QED) is 0.677. The maximum atomic E-state index is 12.6. The molecule has 0 saturated carbocycles. The Labute approximate surface area is 157 Å². The van der Waals surface area contributed by atoms with E-state index in [2.05, 4.69) is 0 Å². The number of halogens is 1. The topological polar surface area (TPSA) is 83.1 Å². The monoisotopic (exact) mass is 368 g/mol. The number of methoxy groups -OCH3 is 2. The Kier molecular flexibility index (Phi) is 6.60. The molecule has 0 aliphatic rings. The molecule has 0 heterocycles. The molecule has 1 atom stereocenters. The number of benzene rings is 2. The molecule has 0 amide bonds. The summed E-state index contributed by atoms with van der Waals surface area (Å²) in [7, 11) is 3.02. The first-order chi connectivity index (χ1) is 12.5. The third-order valence-corrected chi connectivity index (χ3v) is 4.34. The number of nitriles is 2. The van der Waals surface area contributed by atoms with Gasteiger partial charge in [0.1, 0.15) is 5.92 Å². The number of hydrogen-bond donors (Lipinski definition) is 0. The molecule has 132 valence electrons. The largest absolute Gasteiger partial charge is 0.493 e. The van der Waals surface area contributed by atoms with Crippen LogP contribution in [0, 0.1) is 28.6 Å². The van der Waals surface area contributed by atoms with Gasteiger partial charge in [0.15, 0.2) is 17.3 Å². The molecule has 6 heteroatoms. The van der Waals surface area contributed by atoms with Crippen molar-refractivity contribution in [1.82, 2.24) is 0 Å². The van der Waals surface area contributed by atoms with Crippen LogP contribution in [0.4, 0.5) is 0 Å². The molecule has 0 spiro atoms. The van der Waals surface area contributed by atoms with Gasteiger partial charge >= 0.3 is 0 Å². The molecule has 0 radical (unpaired) electrons. The van der Waals surface area contributed by atoms with Crippen LogP contribution in [-0.2, 0) is 0 Å². The van der Waals surface area contributed by atoms with Crippen LogP contribution < -0.4 is 9.47 Å². The maximum absolute atomic E-state index is 12.6. The highest BCUT2D eigenvalue weighted by atomic mass is 35.5. The van der Waals surface area contributed by atoms with Crippen molar-refractivity contribution in [2.24, 2.45) is 5.92 Å². The Balaban J connectivity index is 2.38. The first-order valence-corrected chi connectivity index (χ1v) is 8.21. The fraction of sp³-hybridized carbons (Fsp3) is 0.250. The van der Waals surface area contributed by atoms with E-state index in [1.54, 1.807) is 42.5 Å². The minimum atomic E-state index is -0.968. The molecular formula is C20H17ClN2O3. The summed E-state index contributed by atoms with van der Waals surface area (Å²) in [6.45, 7) is 0. The van der Waals surface area contributed by atoms with Crippen LogP contribution in [0.2, 0.25) is 5.02 Å². The molecule has 0 aliphatic carbocycles. The third kappa shape index (κ3) is 4.33. The van der Waals surface area contributed by atoms with Gasteiger partial charge in [-0.3, -0.25) is 4.79 Å². The molecule has 0 aliphatic heterocycles. The van der Waals surface area contributed by atoms with Crippen LogP contribution in [-0.4, -0.2) is 20.0 Å². The fourth-order valence-corrected chi connectivity index (χ4v) is 2.80. The van der Waals surface area contributed by atoms with Gasteiger partial charge in [0.05, 0.1) is 26.4 Å². The van der Waals surface area contributed by atoms with E-state index in [1.165, 1.54) is 14.2 Å². The van der Waals surface area contributed by atoms with Crippen LogP contribution in [0.5, 0.6) is 11.5 Å². The Morgan fingerprint density at radius 3 is 2.19 bits per heavy atom. The lowest BCUT2D eigenvalue weighted by atomic mass is 9.82. The lowest BCUT2D eigenvalue weighted by Gasteiger charge is -2.19. The first kappa shape index (κ1) is 19.3. The van der Waals surface area contributed by atoms with Gasteiger partial charge in [-0.15, -0.1) is 0 Å². The number of rotatable bonds is 7. The zero-order valence-electron chi connectivity index (χ0n) is 14.4. The Bertz CT molecular complexity index is 852. The predicted molar refractivity (Wildman–Crippen MR) is 97.4 cm³/mol. The maximum Gasteiger partial charge on any atom is 0.163 e. The van der Waals surface area contributed by atoms with E-state index in [4.69, 9.17) is 21.1 Å². The number of Topliss-reactive ketones (excluding diaryl/α,β-unsaturated/α-hetero) is 1. The van der Waals surface area contributed by atoms with E-state index in [1.807, 2.05) is 12.1 Å². The number of carbonyl (C=O) groups is 1. The molecule has 26 heavy (non-hydrogen) atoms. The molecule has 0 N–H and O–H groups in total. The Morgan fingerprint density at radius 1 is 1.04 bits per heavy atom. The molecule has 0 aromatic heterocycles. The molecule has 2 aromatic rings. The zero-order chi connectivity index (χ0) is 19.1. The van der Waals surface area contributed by atoms with Crippen molar-refractivity contribution in [2.75, 3.05) is 14.2 Å². The highest BCUT2D eigenvalue weighted by Gasteiger charge is 2.27. The second kappa shape index (κ2) is 8.89. The SMILES string of the molecule is COc1ccc([C@@H](CC(=O)c2ccc(Cl)cc2)C(C#N)C#N)cc1OC. The van der Waals surface area contributed by atoms with Crippen molar-refractivity contribution in [3.63, 3.8) is 0 Å². The van der Waals surface area contributed by atoms with Crippen molar-refractivity contribution in [2.45, 2.75) is 12.3 Å². The minimum absolute atomic E-state index is 0.0168. The molecular weight excluding hydrogens is 352 g/mol. The zero-order valence-corrected chi connectivity index (χ0v) is 15.2. The third-order valence-electron chi connectivity index (χ3n) is 4.09. The second-order valence-corrected chi connectivity index (χ2v) is 6.03. The summed E-state index contributed by atoms with van der Waals surface area (Å²) in [5.74, 6) is -0.720. The number of ketones is 1. The smallest absolute Gasteiger partial charge is 0.163 e. The van der Waals surface area contributed by atoms with Crippen LogP contribution in [0.1, 0.15) is 28.3 Å². The van der Waals surface area contributed by atoms with Crippen LogP contribution >= 0.6 is 11.6 Å². The van der Waals surface area contributed by atoms with Crippen molar-refractivity contribution in [1.29, 1.82) is 10.5 Å². The average molecular weight is 369 g/mol. The van der Waals surface area contributed by atoms with Gasteiger partial charge in [-0.25, -0.2) is 0 Å². The average Bonchev–Trinajstić information content (AvgIpc) is 2.67. The van der Waals surface area contributed by atoms with E-state index >= 15 is 0 Å². The normalized spacial score (nSPS) is 11.3. The van der Waals surface area contributed by atoms with Gasteiger partial charge in [0.2, 0.25) is 0 Å². The van der Waals surface area contributed by atoms with Gasteiger partial charge in [-0.05, 0) is 42.0 Å². The highest BCUT2D eigenvalue weighted by Crippen LogP contribution is 2.35. The second-order valence-electron chi connectivity index (χ2n) is 5.59. The summed E-state index contributed by atoms with van der Waals surface area (Å²) in [6, 6.07) is 15.6. The van der Waals surface area contributed by atoms with Crippen molar-refractivity contribution >= 4 is 17.4 Å². The minimum Gasteiger partial charge on any atom is -0.493 e. The van der Waals surface area contributed by atoms with Crippen molar-refractivity contribution in [3.8, 4) is 23.6 Å². The van der Waals surface area contributed by atoms with E-state index in [0.717, 1.165) is 0 Å². The number of hydrogen-bond acceptors (Lipinski definition) is 5. The van der Waals surface area contributed by atoms with Crippen molar-refractivity contribution < 1.29 is 14.3 Å². The van der Waals surface area contributed by atoms with Gasteiger partial charge < -0.3 is 9.47 Å². The predicted octanol–water partition coefficient (Wildman–Crippen LogP) is 4.38. The molecule has 0 unspecified atom stereocenters. The van der Waals surface area contributed by atoms with Gasteiger partial charge in [0, 0.05) is 22.9 Å². The molecule has 5 nitrogen and oxygen atoms in total. The summed E-state index contributed by atoms with van der Waals surface area (Å²) in [6.07, 6.45) is 0.0168. The fourth-order valence-electron chi connectivity index (χ4n) is 2.67. The van der Waals surface area contributed by atoms with Crippen molar-refractivity contribution in [3.05, 3.63) is 58.6 Å². The molecule has 0 fully saturated rings. The first-order valence-electron chi connectivity index (χ1n) is 7.84. The molecule has 0 bridgehead atoms. The summed E-state index contributed by atoms with van der Waals surface area (Å²) >= 11 is 5.85. The Hall–Kier alpha value is -3.02. The van der Waals surface area contributed by atoms with E-state index in [9.17, 15) is 15.3 Å². The van der Waals surface area contributed by atoms with Crippen LogP contribution in [0.25, 0.3) is 0 Å². The van der Waals surface area contributed by atoms with Gasteiger partial charge in [0.25, 0.3) is 0 Å². The van der Waals surface area contributed by atoms with E-state index < -0.39 is 11.8 Å². The molecule has 2 aromatic carbocycles. The molecule has 0 saturated heterocycles. The molecule has 2 rings (SSSR count). The summed E-state index contributed by atoms with van der Waals surface area (Å²) in [5, 5.41) is 19.2. The van der Waals surface area contributed by atoms with Gasteiger partial charge in [-0.1, -0.05) is 17.7 Å². The van der Waals surface area contributed by atoms with Gasteiger partial charge in [-0.2, -0.15) is 10.5 Å². The number of ether oxygens (including phenoxy) is 2. The highest BCUT2D eigenvalue weighted by molar-refractivity contribution is 6.30. The summed E-state index contributed by atoms with van der Waals surface area (Å²) in [5.41, 5.74) is 1.15. The lowest BCUT2D eigenvalue weighted by molar-refractivity contribution is 0.0970. The van der Waals surface area contributed by atoms with E-state index in [0.29, 0.717) is 27.6 Å². The number of nitrogens with zero attached hydrogens (tertiary/aromatic N) is 2. The standard InChI is InChI=1S/C20H17ClN2O3/c1-25-19-8-5-14(9-20(19)26-2)17(15(11-22)12-23)10-18(24)13-3-6-16(21)7-4-13/h3-9,15,17H,10H2,1-2H3/t17-/m1/s1. The summed E-state index contributed by atoms with van der Waals surface area (Å²) in [4.78, 5) is 12.6. The lowest BCUT2D eigenvalue weighted by Crippen LogP contribution is -2.15. The van der Waals surface area contributed by atoms with E-state index in [-0.39, 0.29) is 12.2 Å². The van der Waals surface area contributed by atoms with Crippen LogP contribution in [0.3, 0.4) is 0 Å². The Morgan fingerprint density at radius 2 is 1.65 bits per heavy atom. The number of carbonyl (C=O) groups excluding carboxylic acids is 1. The summed E-state index contributed by atoms with van der Waals surface area (Å²) < 4.78 is 10.5. The van der Waals surface area contributed by atoms with Crippen LogP contribution in [0.15, 0.2) is 42.5 Å².